The van der Waals surface area contributed by atoms with Gasteiger partial charge in [0.05, 0.1) is 0 Å². The number of rotatable bonds is 5. The maximum absolute atomic E-state index is 12.3. The number of halogens is 1. The minimum atomic E-state index is -0.0924. The van der Waals surface area contributed by atoms with Crippen molar-refractivity contribution < 1.29 is 4.79 Å². The fourth-order valence-corrected chi connectivity index (χ4v) is 2.82. The van der Waals surface area contributed by atoms with E-state index in [2.05, 4.69) is 42.0 Å². The number of carbonyl (C=O) groups excluding carboxylic acids is 1. The SMILES string of the molecule is CCCn1cc(Br)cc1C(=O)NC(C)(C)C1CC1. The summed E-state index contributed by atoms with van der Waals surface area (Å²) in [6.07, 6.45) is 5.45. The fraction of sp³-hybridized carbons (Fsp3) is 0.643. The molecule has 100 valence electrons. The standard InChI is InChI=1S/C14H21BrN2O/c1-4-7-17-9-11(15)8-12(17)13(18)16-14(2,3)10-5-6-10/h8-10H,4-7H2,1-3H3,(H,16,18). The first-order valence-corrected chi connectivity index (χ1v) is 7.41. The molecule has 1 aliphatic rings. The molecule has 0 saturated heterocycles. The van der Waals surface area contributed by atoms with Gasteiger partial charge < -0.3 is 9.88 Å². The quantitative estimate of drug-likeness (QED) is 0.886. The number of hydrogen-bond donors (Lipinski definition) is 1. The average molecular weight is 313 g/mol. The van der Waals surface area contributed by atoms with Crippen molar-refractivity contribution in [1.29, 1.82) is 0 Å². The maximum atomic E-state index is 12.3. The fourth-order valence-electron chi connectivity index (χ4n) is 2.35. The summed E-state index contributed by atoms with van der Waals surface area (Å²) < 4.78 is 2.98. The predicted molar refractivity (Wildman–Crippen MR) is 76.7 cm³/mol. The number of aryl methyl sites for hydroxylation is 1. The van der Waals surface area contributed by atoms with E-state index < -0.39 is 0 Å². The van der Waals surface area contributed by atoms with Crippen LogP contribution >= 0.6 is 15.9 Å². The van der Waals surface area contributed by atoms with Crippen molar-refractivity contribution in [1.82, 2.24) is 9.88 Å². The van der Waals surface area contributed by atoms with Crippen LogP contribution < -0.4 is 5.32 Å². The van der Waals surface area contributed by atoms with Gasteiger partial charge in [0.15, 0.2) is 0 Å². The van der Waals surface area contributed by atoms with E-state index in [0.717, 1.165) is 23.1 Å². The molecule has 0 spiro atoms. The largest absolute Gasteiger partial charge is 0.346 e. The van der Waals surface area contributed by atoms with Gasteiger partial charge >= 0.3 is 0 Å². The number of hydrogen-bond acceptors (Lipinski definition) is 1. The first-order valence-electron chi connectivity index (χ1n) is 6.62. The van der Waals surface area contributed by atoms with Crippen LogP contribution in [-0.2, 0) is 6.54 Å². The van der Waals surface area contributed by atoms with Crippen LogP contribution in [0.5, 0.6) is 0 Å². The van der Waals surface area contributed by atoms with Gasteiger partial charge in [0.2, 0.25) is 0 Å². The van der Waals surface area contributed by atoms with Crippen LogP contribution in [0.1, 0.15) is 50.5 Å². The Kier molecular flexibility index (Phi) is 3.85. The lowest BCUT2D eigenvalue weighted by Crippen LogP contribution is -2.45. The second-order valence-electron chi connectivity index (χ2n) is 5.69. The van der Waals surface area contributed by atoms with Gasteiger partial charge in [-0.15, -0.1) is 0 Å². The van der Waals surface area contributed by atoms with Gasteiger partial charge in [-0.05, 0) is 61.0 Å². The van der Waals surface area contributed by atoms with Crippen molar-refractivity contribution in [3.05, 3.63) is 22.4 Å². The summed E-state index contributed by atoms with van der Waals surface area (Å²) in [7, 11) is 0. The topological polar surface area (TPSA) is 34.0 Å². The summed E-state index contributed by atoms with van der Waals surface area (Å²) in [5.74, 6) is 0.672. The summed E-state index contributed by atoms with van der Waals surface area (Å²) in [6, 6.07) is 1.90. The monoisotopic (exact) mass is 312 g/mol. The third-order valence-corrected chi connectivity index (χ3v) is 4.03. The number of nitrogens with zero attached hydrogens (tertiary/aromatic N) is 1. The van der Waals surface area contributed by atoms with Crippen LogP contribution in [0.25, 0.3) is 0 Å². The molecule has 4 heteroatoms. The molecule has 1 aromatic heterocycles. The Morgan fingerprint density at radius 3 is 2.78 bits per heavy atom. The smallest absolute Gasteiger partial charge is 0.268 e. The lowest BCUT2D eigenvalue weighted by molar-refractivity contribution is 0.0893. The van der Waals surface area contributed by atoms with E-state index >= 15 is 0 Å². The lowest BCUT2D eigenvalue weighted by Gasteiger charge is -2.26. The van der Waals surface area contributed by atoms with Crippen molar-refractivity contribution in [3.8, 4) is 0 Å². The van der Waals surface area contributed by atoms with E-state index in [-0.39, 0.29) is 11.4 Å². The molecule has 18 heavy (non-hydrogen) atoms. The van der Waals surface area contributed by atoms with Gasteiger partial charge in [0.25, 0.3) is 5.91 Å². The number of carbonyl (C=O) groups is 1. The molecule has 1 aliphatic carbocycles. The van der Waals surface area contributed by atoms with Gasteiger partial charge in [0, 0.05) is 22.8 Å². The molecule has 1 N–H and O–H groups in total. The van der Waals surface area contributed by atoms with Crippen molar-refractivity contribution in [2.24, 2.45) is 5.92 Å². The van der Waals surface area contributed by atoms with Gasteiger partial charge in [0.1, 0.15) is 5.69 Å². The molecule has 0 unspecified atom stereocenters. The minimum Gasteiger partial charge on any atom is -0.346 e. The molecule has 1 amide bonds. The third-order valence-electron chi connectivity index (χ3n) is 3.59. The van der Waals surface area contributed by atoms with Crippen molar-refractivity contribution >= 4 is 21.8 Å². The normalized spacial score (nSPS) is 15.8. The van der Waals surface area contributed by atoms with Gasteiger partial charge in [-0.1, -0.05) is 6.92 Å². The molecule has 0 radical (unpaired) electrons. The van der Waals surface area contributed by atoms with Gasteiger partial charge in [-0.25, -0.2) is 0 Å². The Morgan fingerprint density at radius 1 is 1.56 bits per heavy atom. The average Bonchev–Trinajstić information content (AvgIpc) is 3.04. The van der Waals surface area contributed by atoms with E-state index in [1.165, 1.54) is 12.8 Å². The summed E-state index contributed by atoms with van der Waals surface area (Å²) in [5, 5.41) is 3.17. The van der Waals surface area contributed by atoms with E-state index in [1.807, 2.05) is 16.8 Å². The first kappa shape index (κ1) is 13.7. The summed E-state index contributed by atoms with van der Waals surface area (Å²) in [6.45, 7) is 7.22. The highest BCUT2D eigenvalue weighted by atomic mass is 79.9. The zero-order valence-electron chi connectivity index (χ0n) is 11.3. The highest BCUT2D eigenvalue weighted by molar-refractivity contribution is 9.10. The van der Waals surface area contributed by atoms with Crippen LogP contribution in [-0.4, -0.2) is 16.0 Å². The zero-order chi connectivity index (χ0) is 13.3. The molecular formula is C14H21BrN2O. The Morgan fingerprint density at radius 2 is 2.22 bits per heavy atom. The maximum Gasteiger partial charge on any atom is 0.268 e. The van der Waals surface area contributed by atoms with Gasteiger partial charge in [-0.3, -0.25) is 4.79 Å². The molecule has 0 aromatic carbocycles. The number of amides is 1. The third kappa shape index (κ3) is 2.97. The van der Waals surface area contributed by atoms with Gasteiger partial charge in [-0.2, -0.15) is 0 Å². The molecule has 0 bridgehead atoms. The second kappa shape index (κ2) is 5.08. The molecule has 3 nitrogen and oxygen atoms in total. The molecule has 0 atom stereocenters. The molecule has 0 aliphatic heterocycles. The molecular weight excluding hydrogens is 292 g/mol. The summed E-state index contributed by atoms with van der Waals surface area (Å²) in [4.78, 5) is 12.3. The molecule has 1 saturated carbocycles. The predicted octanol–water partition coefficient (Wildman–Crippen LogP) is 3.58. The van der Waals surface area contributed by atoms with Crippen LogP contribution in [0.15, 0.2) is 16.7 Å². The first-order chi connectivity index (χ1) is 8.44. The van der Waals surface area contributed by atoms with Crippen LogP contribution in [0.3, 0.4) is 0 Å². The minimum absolute atomic E-state index is 0.0334. The lowest BCUT2D eigenvalue weighted by atomic mass is 9.98. The van der Waals surface area contributed by atoms with E-state index in [4.69, 9.17) is 0 Å². The highest BCUT2D eigenvalue weighted by Gasteiger charge is 2.39. The summed E-state index contributed by atoms with van der Waals surface area (Å²) >= 11 is 3.44. The highest BCUT2D eigenvalue weighted by Crippen LogP contribution is 2.39. The molecule has 2 rings (SSSR count). The Labute approximate surface area is 117 Å². The van der Waals surface area contributed by atoms with E-state index in [0.29, 0.717) is 5.92 Å². The van der Waals surface area contributed by atoms with Crippen molar-refractivity contribution in [3.63, 3.8) is 0 Å². The Balaban J connectivity index is 2.12. The zero-order valence-corrected chi connectivity index (χ0v) is 12.9. The second-order valence-corrected chi connectivity index (χ2v) is 6.60. The Hall–Kier alpha value is -0.770. The van der Waals surface area contributed by atoms with Crippen molar-refractivity contribution in [2.75, 3.05) is 0 Å². The molecule has 1 fully saturated rings. The van der Waals surface area contributed by atoms with Crippen molar-refractivity contribution in [2.45, 2.75) is 52.1 Å². The Bertz CT molecular complexity index is 447. The van der Waals surface area contributed by atoms with E-state index in [9.17, 15) is 4.79 Å². The molecule has 1 aromatic rings. The van der Waals surface area contributed by atoms with Crippen LogP contribution in [0.2, 0.25) is 0 Å². The molecule has 1 heterocycles. The summed E-state index contributed by atoms with van der Waals surface area (Å²) in [5.41, 5.74) is 0.655. The van der Waals surface area contributed by atoms with E-state index in [1.54, 1.807) is 0 Å². The van der Waals surface area contributed by atoms with Crippen LogP contribution in [0, 0.1) is 5.92 Å². The number of aromatic nitrogens is 1. The van der Waals surface area contributed by atoms with Crippen LogP contribution in [0.4, 0.5) is 0 Å². The number of nitrogens with one attached hydrogen (secondary N) is 1.